The molecule has 11 aromatic carbocycles. The van der Waals surface area contributed by atoms with E-state index in [1.807, 2.05) is 12.2 Å². The molecule has 0 saturated heterocycles. The number of ether oxygens (including phenoxy) is 4. The summed E-state index contributed by atoms with van der Waals surface area (Å²) < 4.78 is 27.1. The van der Waals surface area contributed by atoms with Crippen molar-refractivity contribution in [2.75, 3.05) is 34.5 Å². The van der Waals surface area contributed by atoms with E-state index in [0.29, 0.717) is 13.2 Å². The van der Waals surface area contributed by atoms with Crippen molar-refractivity contribution in [1.29, 1.82) is 0 Å². The highest BCUT2D eigenvalue weighted by atomic mass is 16.5. The van der Waals surface area contributed by atoms with Crippen molar-refractivity contribution in [3.05, 3.63) is 325 Å². The Hall–Kier alpha value is -11.0. The van der Waals surface area contributed by atoms with E-state index in [1.165, 1.54) is 84.9 Å². The van der Waals surface area contributed by atoms with Crippen LogP contribution in [-0.2, 0) is 17.6 Å². The van der Waals surface area contributed by atoms with Gasteiger partial charge in [-0.05, 0) is 272 Å². The largest absolute Gasteiger partial charge is 0.498 e. The van der Waals surface area contributed by atoms with Gasteiger partial charge < -0.3 is 33.6 Å². The minimum absolute atomic E-state index is 0.0879. The zero-order chi connectivity index (χ0) is 74.8. The van der Waals surface area contributed by atoms with E-state index in [-0.39, 0.29) is 5.92 Å². The van der Waals surface area contributed by atoms with Gasteiger partial charge >= 0.3 is 0 Å². The standard InChI is InChI=1S/C102H107N3O4/c1-8-13-18-19-20-23-66-106-92-58-56-91(57-59-92)105-95-62-28-74(7)69-99(95)109-100-72-82(41-63-96(100)105)81-40-61-94-84(71-81)43-65-98(108-68-22-15-10-3)102(94)101-93-60-39-80(70-83(93)42-64-97(101)107-67-21-14-9-2)79-37-54-90(55-38-79)104(87-48-31-76(32-49-87)25-17-12-5)89-52-35-78(36-53-89)77-33-50-88(51-34-77)103(85-44-26-73(6)27-45-85)86-46-29-75(30-47-86)24-16-11-4/h9-10,26-40,42-56,58,60-65,69-72,82H,2-3,8,11-25,41,57,59,66-68H2,1,4-7H3. The van der Waals surface area contributed by atoms with Gasteiger partial charge in [0.1, 0.15) is 17.3 Å². The van der Waals surface area contributed by atoms with Gasteiger partial charge in [0.15, 0.2) is 5.75 Å². The van der Waals surface area contributed by atoms with Crippen molar-refractivity contribution < 1.29 is 18.9 Å². The monoisotopic (exact) mass is 1440 g/mol. The molecule has 2 aliphatic carbocycles. The fraction of sp³-hybridized carbons (Fsp3) is 0.275. The molecule has 0 bridgehead atoms. The second-order valence-electron chi connectivity index (χ2n) is 29.8. The fourth-order valence-corrected chi connectivity index (χ4v) is 15.6. The Kier molecular flexibility index (Phi) is 24.9. The first kappa shape index (κ1) is 74.8. The Morgan fingerprint density at radius 1 is 0.440 bits per heavy atom. The van der Waals surface area contributed by atoms with Crippen LogP contribution in [0.5, 0.6) is 17.2 Å². The van der Waals surface area contributed by atoms with Gasteiger partial charge in [-0.3, -0.25) is 0 Å². The summed E-state index contributed by atoms with van der Waals surface area (Å²) in [5, 5.41) is 4.45. The number of allylic oxidation sites excluding steroid dienone is 8. The molecule has 1 heterocycles. The number of benzene rings is 11. The lowest BCUT2D eigenvalue weighted by molar-refractivity contribution is 0.194. The highest BCUT2D eigenvalue weighted by Gasteiger charge is 2.34. The molecule has 0 radical (unpaired) electrons. The summed E-state index contributed by atoms with van der Waals surface area (Å²) in [6.07, 6.45) is 33.6. The summed E-state index contributed by atoms with van der Waals surface area (Å²) in [4.78, 5) is 7.18. The third-order valence-electron chi connectivity index (χ3n) is 21.8. The molecule has 0 saturated carbocycles. The first-order chi connectivity index (χ1) is 53.6. The van der Waals surface area contributed by atoms with Gasteiger partial charge in [-0.1, -0.05) is 211 Å². The van der Waals surface area contributed by atoms with Crippen molar-refractivity contribution in [2.24, 2.45) is 0 Å². The molecule has 109 heavy (non-hydrogen) atoms. The van der Waals surface area contributed by atoms with Crippen LogP contribution in [0.2, 0.25) is 0 Å². The van der Waals surface area contributed by atoms with Gasteiger partial charge in [0.25, 0.3) is 0 Å². The third kappa shape index (κ3) is 17.8. The lowest BCUT2D eigenvalue weighted by Crippen LogP contribution is -2.31. The third-order valence-corrected chi connectivity index (χ3v) is 21.8. The first-order valence-corrected chi connectivity index (χ1v) is 40.5. The van der Waals surface area contributed by atoms with Crippen LogP contribution >= 0.6 is 0 Å². The van der Waals surface area contributed by atoms with Crippen LogP contribution in [0, 0.1) is 13.8 Å². The Labute approximate surface area is 648 Å². The van der Waals surface area contributed by atoms with Crippen LogP contribution in [0.4, 0.5) is 39.8 Å². The molecule has 7 heteroatoms. The number of rotatable bonds is 35. The van der Waals surface area contributed by atoms with E-state index in [4.69, 9.17) is 18.9 Å². The van der Waals surface area contributed by atoms with Crippen molar-refractivity contribution in [3.8, 4) is 50.6 Å². The number of nitrogens with zero attached hydrogens (tertiary/aromatic N) is 3. The molecule has 14 rings (SSSR count). The van der Waals surface area contributed by atoms with E-state index in [2.05, 4.69) is 311 Å². The van der Waals surface area contributed by atoms with Crippen molar-refractivity contribution in [3.63, 3.8) is 0 Å². The lowest BCUT2D eigenvalue weighted by Gasteiger charge is -2.39. The van der Waals surface area contributed by atoms with Crippen LogP contribution in [0.25, 0.3) is 54.9 Å². The van der Waals surface area contributed by atoms with Crippen molar-refractivity contribution in [2.45, 2.75) is 163 Å². The van der Waals surface area contributed by atoms with Crippen molar-refractivity contribution in [1.82, 2.24) is 0 Å². The molecule has 1 atom stereocenters. The maximum absolute atomic E-state index is 6.93. The summed E-state index contributed by atoms with van der Waals surface area (Å²) in [6.45, 7) is 21.0. The summed E-state index contributed by atoms with van der Waals surface area (Å²) in [5.41, 5.74) is 23.1. The molecule has 554 valence electrons. The maximum atomic E-state index is 6.93. The molecule has 11 aromatic rings. The fourth-order valence-electron chi connectivity index (χ4n) is 15.6. The normalized spacial score (nSPS) is 13.8. The Morgan fingerprint density at radius 2 is 0.917 bits per heavy atom. The van der Waals surface area contributed by atoms with Crippen LogP contribution in [0.15, 0.2) is 297 Å². The van der Waals surface area contributed by atoms with E-state index in [9.17, 15) is 0 Å². The Morgan fingerprint density at radius 3 is 1.45 bits per heavy atom. The van der Waals surface area contributed by atoms with Gasteiger partial charge in [-0.2, -0.15) is 0 Å². The van der Waals surface area contributed by atoms with E-state index in [1.54, 1.807) is 0 Å². The number of hydrogen-bond acceptors (Lipinski definition) is 7. The summed E-state index contributed by atoms with van der Waals surface area (Å²) in [5.74, 6) is 4.60. The predicted octanol–water partition coefficient (Wildman–Crippen LogP) is 29.0. The number of unbranched alkanes of at least 4 members (excludes halogenated alkanes) is 9. The summed E-state index contributed by atoms with van der Waals surface area (Å²) in [7, 11) is 0. The average Bonchev–Trinajstić information content (AvgIpc) is 0.747. The highest BCUT2D eigenvalue weighted by molar-refractivity contribution is 6.10. The van der Waals surface area contributed by atoms with Gasteiger partial charge in [-0.15, -0.1) is 13.2 Å². The molecule has 0 aromatic heterocycles. The topological polar surface area (TPSA) is 46.6 Å². The molecule has 0 fully saturated rings. The van der Waals surface area contributed by atoms with Gasteiger partial charge in [-0.25, -0.2) is 0 Å². The quantitative estimate of drug-likeness (QED) is 0.0290. The maximum Gasteiger partial charge on any atom is 0.151 e. The van der Waals surface area contributed by atoms with E-state index >= 15 is 0 Å². The molecule has 0 spiro atoms. The second-order valence-corrected chi connectivity index (χ2v) is 29.8. The number of aryl methyl sites for hydroxylation is 4. The first-order valence-electron chi connectivity index (χ1n) is 40.5. The molecule has 0 N–H and O–H groups in total. The van der Waals surface area contributed by atoms with Crippen LogP contribution in [-0.4, -0.2) is 19.8 Å². The lowest BCUT2D eigenvalue weighted by atomic mass is 9.86. The van der Waals surface area contributed by atoms with Crippen LogP contribution in [0.1, 0.15) is 164 Å². The molecule has 1 unspecified atom stereocenters. The minimum atomic E-state index is 0.0879. The number of hydrogen-bond donors (Lipinski definition) is 0. The Bertz CT molecular complexity index is 5060. The smallest absolute Gasteiger partial charge is 0.151 e. The van der Waals surface area contributed by atoms with Gasteiger partial charge in [0, 0.05) is 63.3 Å². The Balaban J connectivity index is 0.760. The number of fused-ring (bicyclic) bond motifs is 4. The summed E-state index contributed by atoms with van der Waals surface area (Å²) >= 11 is 0. The zero-order valence-corrected chi connectivity index (χ0v) is 64.8. The predicted molar refractivity (Wildman–Crippen MR) is 461 cm³/mol. The van der Waals surface area contributed by atoms with Crippen molar-refractivity contribution >= 4 is 61.4 Å². The molecule has 1 aliphatic heterocycles. The molecule has 0 amide bonds. The molecule has 3 aliphatic rings. The zero-order valence-electron chi connectivity index (χ0n) is 64.8. The molecular formula is C102H107N3O4. The minimum Gasteiger partial charge on any atom is -0.498 e. The molecular weight excluding hydrogens is 1330 g/mol. The van der Waals surface area contributed by atoms with Gasteiger partial charge in [0.2, 0.25) is 0 Å². The van der Waals surface area contributed by atoms with E-state index in [0.717, 1.165) is 206 Å². The summed E-state index contributed by atoms with van der Waals surface area (Å²) in [6, 6.07) is 83.6. The second kappa shape index (κ2) is 36.3. The van der Waals surface area contributed by atoms with E-state index < -0.39 is 0 Å². The van der Waals surface area contributed by atoms with Crippen LogP contribution < -0.4 is 28.9 Å². The van der Waals surface area contributed by atoms with Gasteiger partial charge in [0.05, 0.1) is 37.0 Å². The SMILES string of the molecule is C=CCCCOc1ccc2cc(-c3ccc(N(c4ccc(CCCC)cc4)c4ccc(-c5ccc(N(c6ccc(C)cc6)c6ccc(CCCC)cc6)cc5)cc4)cc3)ccc2c1-c1c(OCCCC=C)ccc2cc(C3C=C4Oc5cc(C)ccc5N(C5=CC=C(OCCCCCCCC)CC5)C4=CC3)ccc12. The average molecular weight is 1440 g/mol. The molecule has 7 nitrogen and oxygen atoms in total. The highest BCUT2D eigenvalue weighted by Crippen LogP contribution is 2.51. The number of anilines is 7. The van der Waals surface area contributed by atoms with Crippen LogP contribution in [0.3, 0.4) is 0 Å².